The molecule has 0 amide bonds. The van der Waals surface area contributed by atoms with E-state index in [9.17, 15) is 0 Å². The van der Waals surface area contributed by atoms with Crippen LogP contribution in [0.4, 0.5) is 6.01 Å². The van der Waals surface area contributed by atoms with Crippen molar-refractivity contribution in [1.82, 2.24) is 20.2 Å². The maximum atomic E-state index is 6.31. The molecule has 2 aromatic carbocycles. The largest absolute Gasteiger partial charge is 0.403 e. The zero-order chi connectivity index (χ0) is 19.1. The molecule has 0 bridgehead atoms. The van der Waals surface area contributed by atoms with Gasteiger partial charge in [-0.15, -0.1) is 5.10 Å². The molecule has 0 radical (unpaired) electrons. The number of rotatable bonds is 3. The quantitative estimate of drug-likeness (QED) is 0.474. The molecular weight excluding hydrogens is 397 g/mol. The van der Waals surface area contributed by atoms with Crippen LogP contribution < -0.4 is 4.90 Å². The van der Waals surface area contributed by atoms with Gasteiger partial charge in [-0.3, -0.25) is 0 Å². The minimum absolute atomic E-state index is 0.495. The Morgan fingerprint density at radius 3 is 2.54 bits per heavy atom. The molecule has 5 rings (SSSR count). The zero-order valence-corrected chi connectivity index (χ0v) is 16.5. The summed E-state index contributed by atoms with van der Waals surface area (Å²) in [6, 6.07) is 11.8. The topological polar surface area (TPSA) is 70.8 Å². The summed E-state index contributed by atoms with van der Waals surface area (Å²) in [7, 11) is 0. The van der Waals surface area contributed by atoms with E-state index in [-0.39, 0.29) is 0 Å². The fourth-order valence-electron chi connectivity index (χ4n) is 3.53. The van der Waals surface area contributed by atoms with E-state index in [0.717, 1.165) is 42.5 Å². The molecule has 1 fully saturated rings. The molecule has 0 aliphatic carbocycles. The van der Waals surface area contributed by atoms with Gasteiger partial charge in [0.05, 0.1) is 26.6 Å². The summed E-state index contributed by atoms with van der Waals surface area (Å²) in [5.41, 5.74) is 3.18. The van der Waals surface area contributed by atoms with E-state index >= 15 is 0 Å². The number of hydrogen-bond donors (Lipinski definition) is 1. The Morgan fingerprint density at radius 2 is 1.75 bits per heavy atom. The number of piperidine rings is 1. The predicted octanol–water partition coefficient (Wildman–Crippen LogP) is 5.58. The van der Waals surface area contributed by atoms with Gasteiger partial charge in [0.15, 0.2) is 0 Å². The third-order valence-corrected chi connectivity index (χ3v) is 5.60. The number of benzene rings is 2. The number of fused-ring (bicyclic) bond motifs is 1. The van der Waals surface area contributed by atoms with Crippen molar-refractivity contribution in [2.75, 3.05) is 18.0 Å². The second-order valence-electron chi connectivity index (χ2n) is 6.85. The molecule has 28 heavy (non-hydrogen) atoms. The lowest BCUT2D eigenvalue weighted by Gasteiger charge is -2.24. The van der Waals surface area contributed by atoms with Gasteiger partial charge in [0, 0.05) is 18.7 Å². The highest BCUT2D eigenvalue weighted by Gasteiger charge is 2.19. The Labute approximate surface area is 171 Å². The van der Waals surface area contributed by atoms with Gasteiger partial charge in [0.1, 0.15) is 5.82 Å². The number of nitrogens with one attached hydrogen (secondary N) is 1. The summed E-state index contributed by atoms with van der Waals surface area (Å²) in [4.78, 5) is 10.1. The van der Waals surface area contributed by atoms with Crippen LogP contribution in [0.5, 0.6) is 0 Å². The van der Waals surface area contributed by atoms with E-state index in [2.05, 4.69) is 25.1 Å². The fourth-order valence-corrected chi connectivity index (χ4v) is 4.11. The van der Waals surface area contributed by atoms with Crippen LogP contribution in [0.25, 0.3) is 33.9 Å². The maximum Gasteiger partial charge on any atom is 0.318 e. The van der Waals surface area contributed by atoms with E-state index in [0.29, 0.717) is 33.3 Å². The molecule has 1 aliphatic heterocycles. The highest BCUT2D eigenvalue weighted by atomic mass is 35.5. The minimum Gasteiger partial charge on any atom is -0.403 e. The van der Waals surface area contributed by atoms with Crippen LogP contribution in [-0.2, 0) is 0 Å². The highest BCUT2D eigenvalue weighted by Crippen LogP contribution is 2.34. The first kappa shape index (κ1) is 17.5. The lowest BCUT2D eigenvalue weighted by molar-refractivity contribution is 0.498. The number of aromatic amines is 1. The third kappa shape index (κ3) is 3.12. The highest BCUT2D eigenvalue weighted by molar-refractivity contribution is 6.39. The van der Waals surface area contributed by atoms with Crippen LogP contribution in [0.15, 0.2) is 40.8 Å². The molecule has 3 heterocycles. The maximum absolute atomic E-state index is 6.31. The Kier molecular flexibility index (Phi) is 4.45. The smallest absolute Gasteiger partial charge is 0.318 e. The second-order valence-corrected chi connectivity index (χ2v) is 7.67. The van der Waals surface area contributed by atoms with Crippen LogP contribution in [0.3, 0.4) is 0 Å². The first-order valence-corrected chi connectivity index (χ1v) is 9.97. The Hall–Kier alpha value is -2.57. The summed E-state index contributed by atoms with van der Waals surface area (Å²) in [5.74, 6) is 1.12. The number of hydrogen-bond acceptors (Lipinski definition) is 5. The van der Waals surface area contributed by atoms with Crippen LogP contribution >= 0.6 is 23.2 Å². The minimum atomic E-state index is 0.495. The molecule has 0 spiro atoms. The molecule has 142 valence electrons. The molecular formula is C20H17Cl2N5O. The van der Waals surface area contributed by atoms with Gasteiger partial charge >= 0.3 is 6.01 Å². The van der Waals surface area contributed by atoms with E-state index in [4.69, 9.17) is 27.6 Å². The van der Waals surface area contributed by atoms with Crippen molar-refractivity contribution in [3.8, 4) is 22.8 Å². The van der Waals surface area contributed by atoms with Gasteiger partial charge < -0.3 is 14.3 Å². The summed E-state index contributed by atoms with van der Waals surface area (Å²) in [5, 5.41) is 9.55. The summed E-state index contributed by atoms with van der Waals surface area (Å²) >= 11 is 12.6. The normalized spacial score (nSPS) is 14.7. The Balaban J connectivity index is 1.50. The number of nitrogens with zero attached hydrogens (tertiary/aromatic N) is 4. The van der Waals surface area contributed by atoms with Gasteiger partial charge in [-0.1, -0.05) is 34.4 Å². The average molecular weight is 414 g/mol. The van der Waals surface area contributed by atoms with Crippen molar-refractivity contribution in [2.45, 2.75) is 19.3 Å². The number of anilines is 1. The van der Waals surface area contributed by atoms with E-state index < -0.39 is 0 Å². The van der Waals surface area contributed by atoms with E-state index in [1.54, 1.807) is 12.1 Å². The average Bonchev–Trinajstić information content (AvgIpc) is 3.35. The SMILES string of the molecule is Clc1cccc(Cl)c1-c1nc2ccc(-c3nnc(N4CCCCC4)o3)cc2[nH]1. The van der Waals surface area contributed by atoms with Crippen molar-refractivity contribution in [3.63, 3.8) is 0 Å². The van der Waals surface area contributed by atoms with Crippen molar-refractivity contribution in [1.29, 1.82) is 0 Å². The third-order valence-electron chi connectivity index (χ3n) is 4.97. The number of halogens is 2. The van der Waals surface area contributed by atoms with Crippen molar-refractivity contribution in [3.05, 3.63) is 46.4 Å². The molecule has 6 nitrogen and oxygen atoms in total. The fraction of sp³-hybridized carbons (Fsp3) is 0.250. The molecule has 0 atom stereocenters. The van der Waals surface area contributed by atoms with Crippen LogP contribution in [0, 0.1) is 0 Å². The first-order valence-electron chi connectivity index (χ1n) is 9.22. The molecule has 1 aliphatic rings. The van der Waals surface area contributed by atoms with Crippen molar-refractivity contribution < 1.29 is 4.42 Å². The Morgan fingerprint density at radius 1 is 0.964 bits per heavy atom. The van der Waals surface area contributed by atoms with Gasteiger partial charge in [-0.2, -0.15) is 0 Å². The molecule has 4 aromatic rings. The molecule has 2 aromatic heterocycles. The van der Waals surface area contributed by atoms with Crippen LogP contribution in [0.2, 0.25) is 10.0 Å². The van der Waals surface area contributed by atoms with Gasteiger partial charge in [-0.25, -0.2) is 4.98 Å². The van der Waals surface area contributed by atoms with Crippen LogP contribution in [0.1, 0.15) is 19.3 Å². The van der Waals surface area contributed by atoms with E-state index in [1.807, 2.05) is 24.3 Å². The lowest BCUT2D eigenvalue weighted by atomic mass is 10.1. The number of imidazole rings is 1. The Bertz CT molecular complexity index is 1130. The summed E-state index contributed by atoms with van der Waals surface area (Å²) in [6.45, 7) is 1.92. The van der Waals surface area contributed by atoms with Crippen molar-refractivity contribution >= 4 is 40.2 Å². The van der Waals surface area contributed by atoms with Gasteiger partial charge in [0.25, 0.3) is 0 Å². The summed E-state index contributed by atoms with van der Waals surface area (Å²) < 4.78 is 5.91. The zero-order valence-electron chi connectivity index (χ0n) is 15.0. The lowest BCUT2D eigenvalue weighted by Crippen LogP contribution is -2.29. The predicted molar refractivity (Wildman–Crippen MR) is 111 cm³/mol. The molecule has 0 unspecified atom stereocenters. The number of aromatic nitrogens is 4. The van der Waals surface area contributed by atoms with Crippen molar-refractivity contribution in [2.24, 2.45) is 0 Å². The second kappa shape index (κ2) is 7.11. The summed E-state index contributed by atoms with van der Waals surface area (Å²) in [6.07, 6.45) is 3.57. The van der Waals surface area contributed by atoms with Crippen LogP contribution in [-0.4, -0.2) is 33.3 Å². The molecule has 1 saturated heterocycles. The molecule has 1 N–H and O–H groups in total. The number of H-pyrrole nitrogens is 1. The van der Waals surface area contributed by atoms with Gasteiger partial charge in [-0.05, 0) is 49.6 Å². The first-order chi connectivity index (χ1) is 13.7. The monoisotopic (exact) mass is 413 g/mol. The molecule has 0 saturated carbocycles. The molecule has 8 heteroatoms. The van der Waals surface area contributed by atoms with Gasteiger partial charge in [0.2, 0.25) is 5.89 Å². The standard InChI is InChI=1S/C20H17Cl2N5O/c21-13-5-4-6-14(22)17(13)18-23-15-8-7-12(11-16(15)24-18)19-25-26-20(28-19)27-9-2-1-3-10-27/h4-8,11H,1-3,9-10H2,(H,23,24). The van der Waals surface area contributed by atoms with E-state index in [1.165, 1.54) is 6.42 Å².